The lowest BCUT2D eigenvalue weighted by molar-refractivity contribution is -0.00541. The molecule has 0 aromatic heterocycles. The standard InChI is InChI=1S/C19H29F2N3O/c1-12-10-24(11-13(2)25-12)19-8-16(20)18(7-17(19)21)23-9-14-3-5-15(22)6-4-14/h7-8,12-15,23H,3-6,9-11,22H2,1-2H3/t12?,13?,14-,15-. The molecule has 1 aliphatic carbocycles. The summed E-state index contributed by atoms with van der Waals surface area (Å²) >= 11 is 0. The summed E-state index contributed by atoms with van der Waals surface area (Å²) in [4.78, 5) is 1.86. The fraction of sp³-hybridized carbons (Fsp3) is 0.684. The summed E-state index contributed by atoms with van der Waals surface area (Å²) in [6, 6.07) is 2.88. The molecule has 4 nitrogen and oxygen atoms in total. The number of nitrogens with zero attached hydrogens (tertiary/aromatic N) is 1. The maximum absolute atomic E-state index is 14.6. The molecule has 1 aromatic carbocycles. The molecule has 3 N–H and O–H groups in total. The largest absolute Gasteiger partial charge is 0.382 e. The van der Waals surface area contributed by atoms with Crippen LogP contribution in [-0.2, 0) is 4.74 Å². The number of nitrogens with one attached hydrogen (secondary N) is 1. The van der Waals surface area contributed by atoms with E-state index in [1.165, 1.54) is 12.1 Å². The maximum atomic E-state index is 14.6. The van der Waals surface area contributed by atoms with E-state index in [1.54, 1.807) is 0 Å². The van der Waals surface area contributed by atoms with Gasteiger partial charge in [0.1, 0.15) is 11.6 Å². The lowest BCUT2D eigenvalue weighted by atomic mass is 9.86. The van der Waals surface area contributed by atoms with E-state index >= 15 is 0 Å². The van der Waals surface area contributed by atoms with Gasteiger partial charge in [0, 0.05) is 37.8 Å². The maximum Gasteiger partial charge on any atom is 0.148 e. The molecule has 140 valence electrons. The van der Waals surface area contributed by atoms with Crippen molar-refractivity contribution in [3.8, 4) is 0 Å². The van der Waals surface area contributed by atoms with E-state index in [0.29, 0.717) is 37.3 Å². The van der Waals surface area contributed by atoms with Crippen LogP contribution in [0.1, 0.15) is 39.5 Å². The van der Waals surface area contributed by atoms with E-state index in [2.05, 4.69) is 5.32 Å². The molecular formula is C19H29F2N3O. The van der Waals surface area contributed by atoms with Crippen LogP contribution in [0.3, 0.4) is 0 Å². The minimum absolute atomic E-state index is 0.00156. The van der Waals surface area contributed by atoms with Crippen LogP contribution in [0.2, 0.25) is 0 Å². The molecule has 0 amide bonds. The third-order valence-corrected chi connectivity index (χ3v) is 5.27. The van der Waals surface area contributed by atoms with Crippen molar-refractivity contribution in [2.24, 2.45) is 11.7 Å². The fourth-order valence-electron chi connectivity index (χ4n) is 3.94. The van der Waals surface area contributed by atoms with Gasteiger partial charge >= 0.3 is 0 Å². The second-order valence-electron chi connectivity index (χ2n) is 7.61. The quantitative estimate of drug-likeness (QED) is 0.870. The van der Waals surface area contributed by atoms with Gasteiger partial charge in [-0.1, -0.05) is 0 Å². The van der Waals surface area contributed by atoms with E-state index in [1.807, 2.05) is 18.7 Å². The van der Waals surface area contributed by atoms with Gasteiger partial charge in [0.2, 0.25) is 0 Å². The van der Waals surface area contributed by atoms with Gasteiger partial charge in [-0.2, -0.15) is 0 Å². The van der Waals surface area contributed by atoms with E-state index in [9.17, 15) is 8.78 Å². The molecule has 1 saturated heterocycles. The SMILES string of the molecule is CC1CN(c2cc(F)c(NC[C@H]3CC[C@H](N)CC3)cc2F)CC(C)O1. The van der Waals surface area contributed by atoms with Crippen molar-refractivity contribution < 1.29 is 13.5 Å². The topological polar surface area (TPSA) is 50.5 Å². The summed E-state index contributed by atoms with van der Waals surface area (Å²) in [7, 11) is 0. The molecule has 2 fully saturated rings. The molecule has 6 heteroatoms. The third-order valence-electron chi connectivity index (χ3n) is 5.27. The Labute approximate surface area is 148 Å². The summed E-state index contributed by atoms with van der Waals surface area (Å²) in [5.74, 6) is -0.325. The minimum atomic E-state index is -0.407. The monoisotopic (exact) mass is 353 g/mol. The lowest BCUT2D eigenvalue weighted by Gasteiger charge is -2.37. The molecule has 2 aliphatic rings. The van der Waals surface area contributed by atoms with E-state index in [4.69, 9.17) is 10.5 Å². The number of benzene rings is 1. The Kier molecular flexibility index (Phi) is 5.79. The molecule has 1 heterocycles. The number of nitrogens with two attached hydrogens (primary N) is 1. The highest BCUT2D eigenvalue weighted by Crippen LogP contribution is 2.29. The average molecular weight is 353 g/mol. The first kappa shape index (κ1) is 18.4. The van der Waals surface area contributed by atoms with Crippen LogP contribution in [0.15, 0.2) is 12.1 Å². The third kappa shape index (κ3) is 4.61. The van der Waals surface area contributed by atoms with Crippen LogP contribution in [0.4, 0.5) is 20.2 Å². The van der Waals surface area contributed by atoms with Gasteiger partial charge in [-0.3, -0.25) is 0 Å². The molecule has 0 spiro atoms. The summed E-state index contributed by atoms with van der Waals surface area (Å²) in [6.45, 7) is 5.69. The second-order valence-corrected chi connectivity index (χ2v) is 7.61. The Bertz CT molecular complexity index is 580. The smallest absolute Gasteiger partial charge is 0.148 e. The molecule has 1 aromatic rings. The van der Waals surface area contributed by atoms with Crippen molar-refractivity contribution in [2.75, 3.05) is 29.9 Å². The lowest BCUT2D eigenvalue weighted by Crippen LogP contribution is -2.45. The van der Waals surface area contributed by atoms with Crippen LogP contribution in [0.5, 0.6) is 0 Å². The van der Waals surface area contributed by atoms with Gasteiger partial charge in [-0.25, -0.2) is 8.78 Å². The minimum Gasteiger partial charge on any atom is -0.382 e. The number of anilines is 2. The Hall–Kier alpha value is -1.40. The van der Waals surface area contributed by atoms with E-state index in [0.717, 1.165) is 25.7 Å². The normalized spacial score (nSPS) is 30.4. The predicted molar refractivity (Wildman–Crippen MR) is 97.0 cm³/mol. The highest BCUT2D eigenvalue weighted by Gasteiger charge is 2.25. The molecule has 25 heavy (non-hydrogen) atoms. The summed E-state index contributed by atoms with van der Waals surface area (Å²) < 4.78 is 34.7. The number of ether oxygens (including phenoxy) is 1. The van der Waals surface area contributed by atoms with Gasteiger partial charge in [0.05, 0.1) is 23.6 Å². The zero-order valence-corrected chi connectivity index (χ0v) is 15.1. The summed E-state index contributed by atoms with van der Waals surface area (Å²) in [6.07, 6.45) is 4.11. The molecule has 3 rings (SSSR count). The summed E-state index contributed by atoms with van der Waals surface area (Å²) in [5.41, 5.74) is 6.47. The predicted octanol–water partition coefficient (Wildman–Crippen LogP) is 3.51. The van der Waals surface area contributed by atoms with Gasteiger partial charge < -0.3 is 20.7 Å². The van der Waals surface area contributed by atoms with Crippen LogP contribution in [0, 0.1) is 17.6 Å². The Morgan fingerprint density at radius 3 is 2.36 bits per heavy atom. The molecule has 2 unspecified atom stereocenters. The Balaban J connectivity index is 1.65. The van der Waals surface area contributed by atoms with Crippen LogP contribution >= 0.6 is 0 Å². The van der Waals surface area contributed by atoms with E-state index in [-0.39, 0.29) is 17.9 Å². The van der Waals surface area contributed by atoms with Gasteiger partial charge in [0.25, 0.3) is 0 Å². The number of halogens is 2. The first-order chi connectivity index (χ1) is 11.9. The average Bonchev–Trinajstić information content (AvgIpc) is 2.56. The van der Waals surface area contributed by atoms with Crippen molar-refractivity contribution in [2.45, 2.75) is 57.8 Å². The number of morpholine rings is 1. The van der Waals surface area contributed by atoms with E-state index < -0.39 is 11.6 Å². The first-order valence-electron chi connectivity index (χ1n) is 9.31. The van der Waals surface area contributed by atoms with Crippen molar-refractivity contribution in [3.63, 3.8) is 0 Å². The Morgan fingerprint density at radius 2 is 1.72 bits per heavy atom. The molecular weight excluding hydrogens is 324 g/mol. The second kappa shape index (κ2) is 7.87. The number of hydrogen-bond acceptors (Lipinski definition) is 4. The van der Waals surface area contributed by atoms with Crippen LogP contribution in [-0.4, -0.2) is 37.9 Å². The number of hydrogen-bond donors (Lipinski definition) is 2. The molecule has 0 radical (unpaired) electrons. The van der Waals surface area contributed by atoms with Crippen molar-refractivity contribution in [1.29, 1.82) is 0 Å². The molecule has 1 aliphatic heterocycles. The summed E-state index contributed by atoms with van der Waals surface area (Å²) in [5, 5.41) is 3.09. The molecule has 2 atom stereocenters. The fourth-order valence-corrected chi connectivity index (χ4v) is 3.94. The highest BCUT2D eigenvalue weighted by molar-refractivity contribution is 5.57. The molecule has 1 saturated carbocycles. The van der Waals surface area contributed by atoms with Crippen LogP contribution in [0.25, 0.3) is 0 Å². The zero-order chi connectivity index (χ0) is 18.0. The number of rotatable bonds is 4. The van der Waals surface area contributed by atoms with Crippen LogP contribution < -0.4 is 16.0 Å². The van der Waals surface area contributed by atoms with Crippen molar-refractivity contribution in [1.82, 2.24) is 0 Å². The van der Waals surface area contributed by atoms with Gasteiger partial charge in [-0.05, 0) is 45.4 Å². The zero-order valence-electron chi connectivity index (χ0n) is 15.1. The molecule has 0 bridgehead atoms. The van der Waals surface area contributed by atoms with Crippen molar-refractivity contribution >= 4 is 11.4 Å². The highest BCUT2D eigenvalue weighted by atomic mass is 19.1. The van der Waals surface area contributed by atoms with Gasteiger partial charge in [0.15, 0.2) is 0 Å². The van der Waals surface area contributed by atoms with Crippen molar-refractivity contribution in [3.05, 3.63) is 23.8 Å². The first-order valence-corrected chi connectivity index (χ1v) is 9.31. The Morgan fingerprint density at radius 1 is 1.08 bits per heavy atom. The van der Waals surface area contributed by atoms with Gasteiger partial charge in [-0.15, -0.1) is 0 Å².